The van der Waals surface area contributed by atoms with Gasteiger partial charge in [0, 0.05) is 25.7 Å². The highest BCUT2D eigenvalue weighted by atomic mass is 15.3. The molecular weight excluding hydrogens is 248 g/mol. The second-order valence-electron chi connectivity index (χ2n) is 6.16. The normalized spacial score (nSPS) is 28.9. The van der Waals surface area contributed by atoms with E-state index in [0.29, 0.717) is 6.04 Å². The molecule has 0 aromatic carbocycles. The van der Waals surface area contributed by atoms with Crippen LogP contribution in [0.15, 0.2) is 41.3 Å². The largest absolute Gasteiger partial charge is 0.359 e. The Labute approximate surface area is 121 Å². The van der Waals surface area contributed by atoms with Crippen LogP contribution in [0.25, 0.3) is 0 Å². The molecule has 108 valence electrons. The van der Waals surface area contributed by atoms with Crippen LogP contribution in [-0.2, 0) is 0 Å². The maximum Gasteiger partial charge on any atom is 0.121 e. The molecule has 0 aromatic rings. The van der Waals surface area contributed by atoms with Crippen molar-refractivity contribution in [3.8, 4) is 0 Å². The van der Waals surface area contributed by atoms with Gasteiger partial charge in [0.25, 0.3) is 0 Å². The maximum atomic E-state index is 4.59. The first-order chi connectivity index (χ1) is 9.72. The molecule has 2 atom stereocenters. The molecule has 1 saturated heterocycles. The molecule has 2 N–H and O–H groups in total. The molecule has 0 amide bonds. The number of hydrogen-bond acceptors (Lipinski definition) is 4. The van der Waals surface area contributed by atoms with Crippen LogP contribution in [0.3, 0.4) is 0 Å². The van der Waals surface area contributed by atoms with Crippen LogP contribution < -0.4 is 10.6 Å². The molecular formula is C16H24N4. The van der Waals surface area contributed by atoms with E-state index in [1.54, 1.807) is 0 Å². The second kappa shape index (κ2) is 5.83. The zero-order chi connectivity index (χ0) is 13.9. The summed E-state index contributed by atoms with van der Waals surface area (Å²) in [5.74, 6) is 1.89. The lowest BCUT2D eigenvalue weighted by molar-refractivity contribution is 0.214. The summed E-state index contributed by atoms with van der Waals surface area (Å²) in [4.78, 5) is 7.01. The van der Waals surface area contributed by atoms with E-state index in [1.165, 1.54) is 6.42 Å². The van der Waals surface area contributed by atoms with Crippen LogP contribution in [0.2, 0.25) is 0 Å². The lowest BCUT2D eigenvalue weighted by atomic mass is 10.0. The summed E-state index contributed by atoms with van der Waals surface area (Å²) in [6.07, 6.45) is 11.6. The number of rotatable bonds is 3. The average Bonchev–Trinajstić information content (AvgIpc) is 2.46. The van der Waals surface area contributed by atoms with Gasteiger partial charge in [-0.3, -0.25) is 4.99 Å². The molecule has 2 heterocycles. The van der Waals surface area contributed by atoms with Crippen LogP contribution in [0.4, 0.5) is 0 Å². The number of fused-ring (bicyclic) bond motifs is 1. The SMILES string of the molecule is CC(C)CC1CN(C2=CN=C3C=CC=CC3N2)CCN1. The van der Waals surface area contributed by atoms with Crippen molar-refractivity contribution in [1.29, 1.82) is 0 Å². The van der Waals surface area contributed by atoms with Crippen molar-refractivity contribution in [2.24, 2.45) is 10.9 Å². The number of nitrogens with one attached hydrogen (secondary N) is 2. The van der Waals surface area contributed by atoms with E-state index in [0.717, 1.165) is 37.1 Å². The Morgan fingerprint density at radius 2 is 2.30 bits per heavy atom. The van der Waals surface area contributed by atoms with E-state index < -0.39 is 0 Å². The molecule has 4 heteroatoms. The summed E-state index contributed by atoms with van der Waals surface area (Å²) in [5, 5.41) is 7.21. The first-order valence-corrected chi connectivity index (χ1v) is 7.60. The molecule has 4 nitrogen and oxygen atoms in total. The fourth-order valence-corrected chi connectivity index (χ4v) is 3.05. The van der Waals surface area contributed by atoms with E-state index in [2.05, 4.69) is 52.6 Å². The average molecular weight is 272 g/mol. The van der Waals surface area contributed by atoms with E-state index in [-0.39, 0.29) is 6.04 Å². The van der Waals surface area contributed by atoms with Gasteiger partial charge in [-0.2, -0.15) is 0 Å². The van der Waals surface area contributed by atoms with E-state index in [1.807, 2.05) is 12.3 Å². The minimum absolute atomic E-state index is 0.235. The first kappa shape index (κ1) is 13.4. The van der Waals surface area contributed by atoms with E-state index in [9.17, 15) is 0 Å². The Morgan fingerprint density at radius 1 is 1.40 bits per heavy atom. The van der Waals surface area contributed by atoms with Gasteiger partial charge in [-0.25, -0.2) is 0 Å². The predicted molar refractivity (Wildman–Crippen MR) is 83.5 cm³/mol. The van der Waals surface area contributed by atoms with Crippen molar-refractivity contribution in [3.05, 3.63) is 36.3 Å². The fraction of sp³-hybridized carbons (Fsp3) is 0.562. The molecule has 3 rings (SSSR count). The standard InChI is InChI=1S/C16H24N4/c1-12(2)9-13-11-20(8-7-17-13)16-10-18-14-5-3-4-6-15(14)19-16/h3-6,10,12-13,15,17,19H,7-9,11H2,1-2H3. The van der Waals surface area contributed by atoms with Crippen LogP contribution in [0.5, 0.6) is 0 Å². The Morgan fingerprint density at radius 3 is 3.15 bits per heavy atom. The number of hydrogen-bond donors (Lipinski definition) is 2. The molecule has 1 aliphatic carbocycles. The lowest BCUT2D eigenvalue weighted by Gasteiger charge is -2.39. The second-order valence-corrected chi connectivity index (χ2v) is 6.16. The Hall–Kier alpha value is -1.55. The summed E-state index contributed by atoms with van der Waals surface area (Å²) in [5.41, 5.74) is 1.10. The molecule has 0 radical (unpaired) electrons. The van der Waals surface area contributed by atoms with Gasteiger partial charge in [0.05, 0.1) is 18.0 Å². The molecule has 2 unspecified atom stereocenters. The summed E-state index contributed by atoms with van der Waals surface area (Å²) in [6.45, 7) is 7.73. The first-order valence-electron chi connectivity index (χ1n) is 7.60. The molecule has 0 saturated carbocycles. The van der Waals surface area contributed by atoms with Crippen molar-refractivity contribution < 1.29 is 0 Å². The van der Waals surface area contributed by atoms with E-state index in [4.69, 9.17) is 0 Å². The van der Waals surface area contributed by atoms with Crippen molar-refractivity contribution in [3.63, 3.8) is 0 Å². The van der Waals surface area contributed by atoms with Crippen molar-refractivity contribution >= 4 is 5.71 Å². The van der Waals surface area contributed by atoms with Gasteiger partial charge in [-0.15, -0.1) is 0 Å². The highest BCUT2D eigenvalue weighted by Gasteiger charge is 2.25. The van der Waals surface area contributed by atoms with Crippen molar-refractivity contribution in [2.45, 2.75) is 32.4 Å². The monoisotopic (exact) mass is 272 g/mol. The van der Waals surface area contributed by atoms with Gasteiger partial charge in [0.1, 0.15) is 5.82 Å². The lowest BCUT2D eigenvalue weighted by Crippen LogP contribution is -2.54. The van der Waals surface area contributed by atoms with Gasteiger partial charge in [-0.1, -0.05) is 32.1 Å². The maximum absolute atomic E-state index is 4.59. The third-order valence-corrected chi connectivity index (χ3v) is 3.99. The fourth-order valence-electron chi connectivity index (χ4n) is 3.05. The van der Waals surface area contributed by atoms with Gasteiger partial charge in [0.15, 0.2) is 0 Å². The van der Waals surface area contributed by atoms with Crippen LogP contribution in [-0.4, -0.2) is 42.3 Å². The summed E-state index contributed by atoms with van der Waals surface area (Å²) in [7, 11) is 0. The third kappa shape index (κ3) is 2.96. The number of aliphatic imine (C=N–C) groups is 1. The minimum atomic E-state index is 0.235. The summed E-state index contributed by atoms with van der Waals surface area (Å²) in [6, 6.07) is 0.817. The van der Waals surface area contributed by atoms with Crippen LogP contribution >= 0.6 is 0 Å². The van der Waals surface area contributed by atoms with Gasteiger partial charge >= 0.3 is 0 Å². The molecule has 1 fully saturated rings. The minimum Gasteiger partial charge on any atom is -0.359 e. The molecule has 20 heavy (non-hydrogen) atoms. The molecule has 0 spiro atoms. The Balaban J connectivity index is 1.67. The van der Waals surface area contributed by atoms with Gasteiger partial charge in [-0.05, 0) is 18.4 Å². The smallest absolute Gasteiger partial charge is 0.121 e. The molecule has 2 aliphatic heterocycles. The van der Waals surface area contributed by atoms with E-state index >= 15 is 0 Å². The molecule has 0 aromatic heterocycles. The zero-order valence-electron chi connectivity index (χ0n) is 12.3. The van der Waals surface area contributed by atoms with Gasteiger partial charge < -0.3 is 15.5 Å². The Bertz CT molecular complexity index is 473. The van der Waals surface area contributed by atoms with Crippen molar-refractivity contribution in [1.82, 2.24) is 15.5 Å². The van der Waals surface area contributed by atoms with Gasteiger partial charge in [0.2, 0.25) is 0 Å². The summed E-state index contributed by atoms with van der Waals surface area (Å²) >= 11 is 0. The third-order valence-electron chi connectivity index (χ3n) is 3.99. The van der Waals surface area contributed by atoms with Crippen LogP contribution in [0, 0.1) is 5.92 Å². The Kier molecular flexibility index (Phi) is 3.92. The number of nitrogens with zero attached hydrogens (tertiary/aromatic N) is 2. The molecule has 0 bridgehead atoms. The number of piperazine rings is 1. The highest BCUT2D eigenvalue weighted by Crippen LogP contribution is 2.16. The zero-order valence-corrected chi connectivity index (χ0v) is 12.3. The molecule has 3 aliphatic rings. The predicted octanol–water partition coefficient (Wildman–Crippen LogP) is 1.64. The quantitative estimate of drug-likeness (QED) is 0.820. The highest BCUT2D eigenvalue weighted by molar-refractivity contribution is 6.02. The van der Waals surface area contributed by atoms with Crippen molar-refractivity contribution in [2.75, 3.05) is 19.6 Å². The number of allylic oxidation sites excluding steroid dienone is 2. The topological polar surface area (TPSA) is 39.7 Å². The van der Waals surface area contributed by atoms with Crippen LogP contribution in [0.1, 0.15) is 20.3 Å². The summed E-state index contributed by atoms with van der Waals surface area (Å²) < 4.78 is 0.